The molecule has 0 radical (unpaired) electrons. The smallest absolute Gasteiger partial charge is 0.310 e. The van der Waals surface area contributed by atoms with E-state index in [9.17, 15) is 9.18 Å². The summed E-state index contributed by atoms with van der Waals surface area (Å²) in [5.41, 5.74) is 9.30. The second kappa shape index (κ2) is 9.83. The van der Waals surface area contributed by atoms with Gasteiger partial charge in [0.25, 0.3) is 0 Å². The molecule has 0 saturated heterocycles. The second-order valence-electron chi connectivity index (χ2n) is 7.49. The number of fused-ring (bicyclic) bond motifs is 1. The zero-order valence-corrected chi connectivity index (χ0v) is 18.1. The Morgan fingerprint density at radius 1 is 1.06 bits per heavy atom. The molecule has 3 aromatic carbocycles. The van der Waals surface area contributed by atoms with E-state index in [0.29, 0.717) is 34.2 Å². The molecule has 0 unspecified atom stereocenters. The standard InChI is InChI=1S/C26H23F2NO4/c1-2-31-24(30)13-18-11-20(27)6-7-23(18)33-15-19-12-22(17-5-3-4-16(10-17)14-29)26-21(25(19)28)8-9-32-26/h3-12H,2,13-15,29H2,1H3. The van der Waals surface area contributed by atoms with E-state index >= 15 is 4.39 Å². The van der Waals surface area contributed by atoms with Crippen molar-refractivity contribution < 1.29 is 27.5 Å². The molecule has 4 aromatic rings. The SMILES string of the molecule is CCOC(=O)Cc1cc(F)ccc1OCc1cc(-c2cccc(CN)c2)c2occc2c1F. The summed E-state index contributed by atoms with van der Waals surface area (Å²) in [5, 5.41) is 0.329. The van der Waals surface area contributed by atoms with E-state index in [4.69, 9.17) is 19.6 Å². The maximum absolute atomic E-state index is 15.2. The van der Waals surface area contributed by atoms with Crippen LogP contribution in [0.2, 0.25) is 0 Å². The Kier molecular flexibility index (Phi) is 6.70. The molecule has 0 aliphatic carbocycles. The normalized spacial score (nSPS) is 11.0. The van der Waals surface area contributed by atoms with E-state index in [0.717, 1.165) is 11.1 Å². The summed E-state index contributed by atoms with van der Waals surface area (Å²) in [7, 11) is 0. The van der Waals surface area contributed by atoms with Crippen molar-refractivity contribution in [1.29, 1.82) is 0 Å². The lowest BCUT2D eigenvalue weighted by Crippen LogP contribution is -2.09. The van der Waals surface area contributed by atoms with Gasteiger partial charge in [0, 0.05) is 23.2 Å². The highest BCUT2D eigenvalue weighted by atomic mass is 19.1. The van der Waals surface area contributed by atoms with E-state index < -0.39 is 17.6 Å². The minimum Gasteiger partial charge on any atom is -0.488 e. The number of halogens is 2. The molecule has 33 heavy (non-hydrogen) atoms. The van der Waals surface area contributed by atoms with Crippen molar-refractivity contribution in [2.45, 2.75) is 26.5 Å². The number of benzene rings is 3. The fourth-order valence-electron chi connectivity index (χ4n) is 3.70. The summed E-state index contributed by atoms with van der Waals surface area (Å²) in [5.74, 6) is -1.19. The summed E-state index contributed by atoms with van der Waals surface area (Å²) < 4.78 is 45.3. The van der Waals surface area contributed by atoms with Crippen molar-refractivity contribution in [1.82, 2.24) is 0 Å². The highest BCUT2D eigenvalue weighted by molar-refractivity contribution is 5.93. The Bertz CT molecular complexity index is 1300. The van der Waals surface area contributed by atoms with Crippen molar-refractivity contribution >= 4 is 16.9 Å². The number of furan rings is 1. The number of carbonyl (C=O) groups is 1. The largest absolute Gasteiger partial charge is 0.488 e. The topological polar surface area (TPSA) is 74.7 Å². The van der Waals surface area contributed by atoms with Crippen molar-refractivity contribution in [2.24, 2.45) is 5.73 Å². The summed E-state index contributed by atoms with van der Waals surface area (Å²) in [4.78, 5) is 11.9. The fourth-order valence-corrected chi connectivity index (χ4v) is 3.70. The van der Waals surface area contributed by atoms with Gasteiger partial charge in [0.15, 0.2) is 0 Å². The van der Waals surface area contributed by atoms with E-state index in [2.05, 4.69) is 0 Å². The molecule has 4 rings (SSSR count). The van der Waals surface area contributed by atoms with Crippen LogP contribution < -0.4 is 10.5 Å². The van der Waals surface area contributed by atoms with Crippen LogP contribution in [-0.2, 0) is 29.1 Å². The van der Waals surface area contributed by atoms with Crippen molar-refractivity contribution in [2.75, 3.05) is 6.61 Å². The zero-order valence-electron chi connectivity index (χ0n) is 18.1. The highest BCUT2D eigenvalue weighted by Gasteiger charge is 2.18. The quantitative estimate of drug-likeness (QED) is 0.357. The second-order valence-corrected chi connectivity index (χ2v) is 7.49. The Labute approximate surface area is 189 Å². The molecule has 7 heteroatoms. The van der Waals surface area contributed by atoms with Crippen LogP contribution >= 0.6 is 0 Å². The van der Waals surface area contributed by atoms with Crippen LogP contribution in [-0.4, -0.2) is 12.6 Å². The van der Waals surface area contributed by atoms with Gasteiger partial charge in [0.2, 0.25) is 0 Å². The zero-order chi connectivity index (χ0) is 23.4. The first kappa shape index (κ1) is 22.5. The molecular weight excluding hydrogens is 428 g/mol. The number of carbonyl (C=O) groups excluding carboxylic acids is 1. The van der Waals surface area contributed by atoms with Crippen molar-refractivity contribution in [3.8, 4) is 16.9 Å². The van der Waals surface area contributed by atoms with E-state index in [1.54, 1.807) is 19.1 Å². The van der Waals surface area contributed by atoms with Gasteiger partial charge >= 0.3 is 5.97 Å². The van der Waals surface area contributed by atoms with Gasteiger partial charge < -0.3 is 19.6 Å². The molecule has 1 aromatic heterocycles. The Morgan fingerprint density at radius 3 is 2.70 bits per heavy atom. The lowest BCUT2D eigenvalue weighted by atomic mass is 9.98. The number of nitrogens with two attached hydrogens (primary N) is 1. The summed E-state index contributed by atoms with van der Waals surface area (Å²) in [6, 6.07) is 14.7. The lowest BCUT2D eigenvalue weighted by Gasteiger charge is -2.14. The van der Waals surface area contributed by atoms with Crippen molar-refractivity contribution in [3.05, 3.63) is 89.2 Å². The monoisotopic (exact) mass is 451 g/mol. The van der Waals surface area contributed by atoms with Gasteiger partial charge in [-0.25, -0.2) is 8.78 Å². The Balaban J connectivity index is 1.68. The molecule has 170 valence electrons. The van der Waals surface area contributed by atoms with E-state index in [1.165, 1.54) is 24.5 Å². The molecule has 0 saturated carbocycles. The van der Waals surface area contributed by atoms with Crippen LogP contribution in [0.4, 0.5) is 8.78 Å². The molecule has 5 nitrogen and oxygen atoms in total. The number of esters is 1. The van der Waals surface area contributed by atoms with Crippen molar-refractivity contribution in [3.63, 3.8) is 0 Å². The predicted octanol–water partition coefficient (Wildman–Crippen LogP) is 5.52. The van der Waals surface area contributed by atoms with Gasteiger partial charge in [-0.2, -0.15) is 0 Å². The van der Waals surface area contributed by atoms with Gasteiger partial charge in [-0.3, -0.25) is 4.79 Å². The Hall–Kier alpha value is -3.71. The first-order valence-electron chi connectivity index (χ1n) is 10.5. The van der Waals surface area contributed by atoms with Crippen LogP contribution in [0, 0.1) is 11.6 Å². The van der Waals surface area contributed by atoms with Gasteiger partial charge in [0.05, 0.1) is 24.7 Å². The number of rotatable bonds is 8. The third-order valence-corrected chi connectivity index (χ3v) is 5.27. The van der Waals surface area contributed by atoms with Crippen LogP contribution in [0.25, 0.3) is 22.1 Å². The minimum atomic E-state index is -0.505. The van der Waals surface area contributed by atoms with Crippen LogP contribution in [0.3, 0.4) is 0 Å². The molecule has 0 spiro atoms. The summed E-state index contributed by atoms with van der Waals surface area (Å²) in [6.07, 6.45) is 1.29. The molecule has 0 bridgehead atoms. The highest BCUT2D eigenvalue weighted by Crippen LogP contribution is 2.34. The minimum absolute atomic E-state index is 0.127. The number of hydrogen-bond donors (Lipinski definition) is 1. The summed E-state index contributed by atoms with van der Waals surface area (Å²) >= 11 is 0. The molecule has 2 N–H and O–H groups in total. The van der Waals surface area contributed by atoms with Gasteiger partial charge in [-0.1, -0.05) is 18.2 Å². The van der Waals surface area contributed by atoms with Gasteiger partial charge in [-0.15, -0.1) is 0 Å². The maximum atomic E-state index is 15.2. The molecule has 0 aliphatic rings. The average molecular weight is 451 g/mol. The predicted molar refractivity (Wildman–Crippen MR) is 121 cm³/mol. The lowest BCUT2D eigenvalue weighted by molar-refractivity contribution is -0.142. The number of ether oxygens (including phenoxy) is 2. The molecule has 0 atom stereocenters. The first-order valence-corrected chi connectivity index (χ1v) is 10.5. The number of hydrogen-bond acceptors (Lipinski definition) is 5. The molecule has 1 heterocycles. The van der Waals surface area contributed by atoms with Gasteiger partial charge in [0.1, 0.15) is 29.6 Å². The van der Waals surface area contributed by atoms with Crippen LogP contribution in [0.1, 0.15) is 23.6 Å². The molecule has 0 amide bonds. The Morgan fingerprint density at radius 2 is 1.91 bits per heavy atom. The maximum Gasteiger partial charge on any atom is 0.310 e. The summed E-state index contributed by atoms with van der Waals surface area (Å²) in [6.45, 7) is 2.16. The van der Waals surface area contributed by atoms with E-state index in [1.807, 2.05) is 24.3 Å². The average Bonchev–Trinajstić information content (AvgIpc) is 3.30. The molecular formula is C26H23F2NO4. The van der Waals surface area contributed by atoms with E-state index in [-0.39, 0.29) is 25.4 Å². The molecule has 0 fully saturated rings. The first-order chi connectivity index (χ1) is 16.0. The third-order valence-electron chi connectivity index (χ3n) is 5.27. The third kappa shape index (κ3) is 4.88. The fraction of sp³-hybridized carbons (Fsp3) is 0.192. The molecule has 0 aliphatic heterocycles. The van der Waals surface area contributed by atoms with Crippen LogP contribution in [0.5, 0.6) is 5.75 Å². The van der Waals surface area contributed by atoms with Crippen LogP contribution in [0.15, 0.2) is 65.3 Å². The van der Waals surface area contributed by atoms with Gasteiger partial charge in [-0.05, 0) is 54.4 Å².